The first-order chi connectivity index (χ1) is 13.2. The number of nitrogens with one attached hydrogen (secondary N) is 1. The molecule has 2 heterocycles. The van der Waals surface area contributed by atoms with Crippen LogP contribution in [0.5, 0.6) is 11.5 Å². The second-order valence-electron chi connectivity index (χ2n) is 6.44. The number of piperidine rings is 1. The van der Waals surface area contributed by atoms with E-state index in [9.17, 15) is 9.90 Å². The highest BCUT2D eigenvalue weighted by Gasteiger charge is 2.21. The molecule has 27 heavy (non-hydrogen) atoms. The molecule has 2 aromatic rings. The van der Waals surface area contributed by atoms with Gasteiger partial charge < -0.3 is 24.8 Å². The minimum atomic E-state index is -0.336. The van der Waals surface area contributed by atoms with Gasteiger partial charge in [0, 0.05) is 31.4 Å². The van der Waals surface area contributed by atoms with Crippen LogP contribution in [-0.4, -0.2) is 48.9 Å². The summed E-state index contributed by atoms with van der Waals surface area (Å²) in [5, 5.41) is 12.8. The number of rotatable bonds is 7. The maximum Gasteiger partial charge on any atom is 0.258 e. The average Bonchev–Trinajstić information content (AvgIpc) is 2.71. The van der Waals surface area contributed by atoms with Crippen LogP contribution >= 0.6 is 0 Å². The SMILES string of the molecule is COc1ccccc1OCC(=O)NCc1cccnc1N1CCC[C@@H](O)C1. The molecule has 0 unspecified atom stereocenters. The number of nitrogens with zero attached hydrogens (tertiary/aromatic N) is 2. The van der Waals surface area contributed by atoms with Crippen molar-refractivity contribution in [1.82, 2.24) is 10.3 Å². The minimum Gasteiger partial charge on any atom is -0.493 e. The Bertz CT molecular complexity index is 768. The number of ether oxygens (including phenoxy) is 2. The Morgan fingerprint density at radius 3 is 2.89 bits per heavy atom. The Kier molecular flexibility index (Phi) is 6.49. The van der Waals surface area contributed by atoms with Crippen LogP contribution in [0, 0.1) is 0 Å². The number of para-hydroxylation sites is 2. The zero-order valence-electron chi connectivity index (χ0n) is 15.4. The molecule has 0 aliphatic carbocycles. The highest BCUT2D eigenvalue weighted by molar-refractivity contribution is 5.77. The lowest BCUT2D eigenvalue weighted by Crippen LogP contribution is -2.39. The van der Waals surface area contributed by atoms with E-state index < -0.39 is 0 Å². The summed E-state index contributed by atoms with van der Waals surface area (Å²) in [6.07, 6.45) is 3.13. The van der Waals surface area contributed by atoms with E-state index in [0.717, 1.165) is 30.8 Å². The van der Waals surface area contributed by atoms with E-state index in [1.165, 1.54) is 0 Å². The average molecular weight is 371 g/mol. The van der Waals surface area contributed by atoms with E-state index in [1.54, 1.807) is 25.4 Å². The summed E-state index contributed by atoms with van der Waals surface area (Å²) in [4.78, 5) is 18.7. The summed E-state index contributed by atoms with van der Waals surface area (Å²) in [7, 11) is 1.56. The molecular formula is C20H25N3O4. The molecule has 1 atom stereocenters. The zero-order chi connectivity index (χ0) is 19.1. The third kappa shape index (κ3) is 5.10. The van der Waals surface area contributed by atoms with Crippen molar-refractivity contribution in [2.75, 3.05) is 31.7 Å². The second-order valence-corrected chi connectivity index (χ2v) is 6.44. The molecule has 1 amide bonds. The Balaban J connectivity index is 1.56. The Morgan fingerprint density at radius 2 is 2.11 bits per heavy atom. The second kappa shape index (κ2) is 9.23. The standard InChI is InChI=1S/C20H25N3O4/c1-26-17-8-2-3-9-18(17)27-14-19(25)22-12-15-6-4-10-21-20(15)23-11-5-7-16(24)13-23/h2-4,6,8-10,16,24H,5,7,11-14H2,1H3,(H,22,25)/t16-/m1/s1. The number of aromatic nitrogens is 1. The maximum absolute atomic E-state index is 12.2. The summed E-state index contributed by atoms with van der Waals surface area (Å²) in [6, 6.07) is 11.0. The van der Waals surface area contributed by atoms with Crippen LogP contribution in [-0.2, 0) is 11.3 Å². The van der Waals surface area contributed by atoms with Gasteiger partial charge in [0.05, 0.1) is 13.2 Å². The van der Waals surface area contributed by atoms with E-state index in [-0.39, 0.29) is 18.6 Å². The Labute approximate surface area is 158 Å². The smallest absolute Gasteiger partial charge is 0.258 e. The molecule has 7 nitrogen and oxygen atoms in total. The molecule has 1 saturated heterocycles. The number of methoxy groups -OCH3 is 1. The van der Waals surface area contributed by atoms with Gasteiger partial charge >= 0.3 is 0 Å². The highest BCUT2D eigenvalue weighted by Crippen LogP contribution is 2.25. The van der Waals surface area contributed by atoms with Gasteiger partial charge in [-0.1, -0.05) is 18.2 Å². The molecule has 144 valence electrons. The Morgan fingerprint density at radius 1 is 1.30 bits per heavy atom. The van der Waals surface area contributed by atoms with Crippen molar-refractivity contribution in [3.63, 3.8) is 0 Å². The molecule has 1 aromatic carbocycles. The van der Waals surface area contributed by atoms with Gasteiger partial charge in [0.15, 0.2) is 18.1 Å². The molecule has 1 aromatic heterocycles. The molecule has 2 N–H and O–H groups in total. The summed E-state index contributed by atoms with van der Waals surface area (Å²) < 4.78 is 10.8. The first-order valence-corrected chi connectivity index (χ1v) is 9.07. The van der Waals surface area contributed by atoms with Gasteiger partial charge in [0.25, 0.3) is 5.91 Å². The normalized spacial score (nSPS) is 16.7. The molecule has 0 saturated carbocycles. The fourth-order valence-electron chi connectivity index (χ4n) is 3.13. The van der Waals surface area contributed by atoms with Crippen LogP contribution in [0.3, 0.4) is 0 Å². The third-order valence-electron chi connectivity index (χ3n) is 4.47. The van der Waals surface area contributed by atoms with Crippen LogP contribution < -0.4 is 19.7 Å². The number of benzene rings is 1. The number of amides is 1. The number of hydrogen-bond donors (Lipinski definition) is 2. The number of pyridine rings is 1. The largest absolute Gasteiger partial charge is 0.493 e. The van der Waals surface area contributed by atoms with Gasteiger partial charge in [-0.25, -0.2) is 4.98 Å². The first-order valence-electron chi connectivity index (χ1n) is 9.07. The minimum absolute atomic E-state index is 0.0988. The van der Waals surface area contributed by atoms with Crippen molar-refractivity contribution < 1.29 is 19.4 Å². The fraction of sp³-hybridized carbons (Fsp3) is 0.400. The van der Waals surface area contributed by atoms with Gasteiger partial charge in [-0.05, 0) is 31.0 Å². The van der Waals surface area contributed by atoms with Crippen molar-refractivity contribution >= 4 is 11.7 Å². The molecular weight excluding hydrogens is 346 g/mol. The number of β-amino-alcohol motifs (C(OH)–C–C–N with tert-alkyl or cyclic N) is 1. The van der Waals surface area contributed by atoms with E-state index in [0.29, 0.717) is 24.6 Å². The predicted molar refractivity (Wildman–Crippen MR) is 102 cm³/mol. The zero-order valence-corrected chi connectivity index (χ0v) is 15.4. The van der Waals surface area contributed by atoms with Crippen molar-refractivity contribution in [2.24, 2.45) is 0 Å². The molecule has 0 bridgehead atoms. The lowest BCUT2D eigenvalue weighted by atomic mass is 10.1. The van der Waals surface area contributed by atoms with Gasteiger partial charge in [-0.15, -0.1) is 0 Å². The number of anilines is 1. The van der Waals surface area contributed by atoms with E-state index >= 15 is 0 Å². The summed E-state index contributed by atoms with van der Waals surface area (Å²) in [5.41, 5.74) is 0.914. The quantitative estimate of drug-likeness (QED) is 0.771. The first kappa shape index (κ1) is 19.0. The molecule has 1 aliphatic heterocycles. The van der Waals surface area contributed by atoms with Gasteiger partial charge in [0.1, 0.15) is 5.82 Å². The number of aliphatic hydroxyl groups excluding tert-OH is 1. The molecule has 0 radical (unpaired) electrons. The number of carbonyl (C=O) groups excluding carboxylic acids is 1. The van der Waals surface area contributed by atoms with Crippen LogP contribution in [0.15, 0.2) is 42.6 Å². The van der Waals surface area contributed by atoms with Gasteiger partial charge in [0.2, 0.25) is 0 Å². The monoisotopic (exact) mass is 371 g/mol. The topological polar surface area (TPSA) is 83.9 Å². The third-order valence-corrected chi connectivity index (χ3v) is 4.47. The summed E-state index contributed by atoms with van der Waals surface area (Å²) in [6.45, 7) is 1.67. The van der Waals surface area contributed by atoms with Crippen molar-refractivity contribution in [3.05, 3.63) is 48.2 Å². The molecule has 7 heteroatoms. The number of hydrogen-bond acceptors (Lipinski definition) is 6. The lowest BCUT2D eigenvalue weighted by molar-refractivity contribution is -0.123. The fourth-order valence-corrected chi connectivity index (χ4v) is 3.13. The van der Waals surface area contributed by atoms with Crippen molar-refractivity contribution in [1.29, 1.82) is 0 Å². The summed E-state index contributed by atoms with van der Waals surface area (Å²) in [5.74, 6) is 1.69. The maximum atomic E-state index is 12.2. The van der Waals surface area contributed by atoms with Crippen molar-refractivity contribution in [2.45, 2.75) is 25.5 Å². The van der Waals surface area contributed by atoms with E-state index in [2.05, 4.69) is 15.2 Å². The van der Waals surface area contributed by atoms with Gasteiger partial charge in [-0.2, -0.15) is 0 Å². The molecule has 3 rings (SSSR count). The highest BCUT2D eigenvalue weighted by atomic mass is 16.5. The summed E-state index contributed by atoms with van der Waals surface area (Å²) >= 11 is 0. The Hall–Kier alpha value is -2.80. The van der Waals surface area contributed by atoms with Crippen LogP contribution in [0.2, 0.25) is 0 Å². The van der Waals surface area contributed by atoms with Crippen LogP contribution in [0.4, 0.5) is 5.82 Å². The lowest BCUT2D eigenvalue weighted by Gasteiger charge is -2.32. The number of carbonyl (C=O) groups is 1. The molecule has 1 fully saturated rings. The molecule has 0 spiro atoms. The molecule has 1 aliphatic rings. The van der Waals surface area contributed by atoms with Gasteiger partial charge in [-0.3, -0.25) is 4.79 Å². The van der Waals surface area contributed by atoms with E-state index in [4.69, 9.17) is 9.47 Å². The van der Waals surface area contributed by atoms with Crippen LogP contribution in [0.25, 0.3) is 0 Å². The number of aliphatic hydroxyl groups is 1. The van der Waals surface area contributed by atoms with Crippen molar-refractivity contribution in [3.8, 4) is 11.5 Å². The van der Waals surface area contributed by atoms with E-state index in [1.807, 2.05) is 24.3 Å². The van der Waals surface area contributed by atoms with Crippen LogP contribution in [0.1, 0.15) is 18.4 Å². The predicted octanol–water partition coefficient (Wildman–Crippen LogP) is 1.75.